The van der Waals surface area contributed by atoms with Crippen molar-refractivity contribution in [1.29, 1.82) is 0 Å². The van der Waals surface area contributed by atoms with Gasteiger partial charge in [-0.3, -0.25) is 0 Å². The minimum atomic E-state index is -0.418. The maximum Gasteiger partial charge on any atom is 0.128 e. The molecule has 0 bridgehead atoms. The van der Waals surface area contributed by atoms with E-state index in [2.05, 4.69) is 5.32 Å². The van der Waals surface area contributed by atoms with Crippen LogP contribution in [0.5, 0.6) is 0 Å². The predicted molar refractivity (Wildman–Crippen MR) is 77.5 cm³/mol. The molecule has 1 nitrogen and oxygen atoms in total. The molecule has 0 aliphatic carbocycles. The molecule has 0 aliphatic heterocycles. The molecule has 2 atom stereocenters. The molecule has 0 heterocycles. The van der Waals surface area contributed by atoms with Gasteiger partial charge in [0, 0.05) is 17.6 Å². The molecule has 0 fully saturated rings. The maximum atomic E-state index is 13.7. The second-order valence-electron chi connectivity index (χ2n) is 5.19. The molecule has 0 saturated carbocycles. The highest BCUT2D eigenvalue weighted by atomic mass is 19.1. The summed E-state index contributed by atoms with van der Waals surface area (Å²) in [5.74, 6) is -0.805. The van der Waals surface area contributed by atoms with Crippen molar-refractivity contribution in [3.05, 3.63) is 70.8 Å². The number of aryl methyl sites for hydroxylation is 1. The summed E-state index contributed by atoms with van der Waals surface area (Å²) in [5.41, 5.74) is 2.67. The molecule has 0 saturated heterocycles. The molecule has 0 aliphatic rings. The Morgan fingerprint density at radius 1 is 0.900 bits per heavy atom. The number of halogens is 2. The van der Waals surface area contributed by atoms with Crippen LogP contribution < -0.4 is 5.32 Å². The molecule has 0 aromatic heterocycles. The molecular formula is C17H19F2N. The van der Waals surface area contributed by atoms with E-state index < -0.39 is 5.82 Å². The van der Waals surface area contributed by atoms with Crippen molar-refractivity contribution in [3.63, 3.8) is 0 Å². The Morgan fingerprint density at radius 2 is 1.55 bits per heavy atom. The molecule has 2 aromatic carbocycles. The molecule has 0 radical (unpaired) electrons. The van der Waals surface area contributed by atoms with Crippen molar-refractivity contribution >= 4 is 0 Å². The zero-order chi connectivity index (χ0) is 14.7. The summed E-state index contributed by atoms with van der Waals surface area (Å²) in [6, 6.07) is 11.5. The Labute approximate surface area is 118 Å². The first-order valence-electron chi connectivity index (χ1n) is 6.75. The molecule has 0 spiro atoms. The summed E-state index contributed by atoms with van der Waals surface area (Å²) in [7, 11) is 0. The quantitative estimate of drug-likeness (QED) is 0.854. The van der Waals surface area contributed by atoms with E-state index in [1.165, 1.54) is 17.7 Å². The van der Waals surface area contributed by atoms with Crippen LogP contribution in [0.2, 0.25) is 0 Å². The van der Waals surface area contributed by atoms with E-state index in [9.17, 15) is 8.78 Å². The Hall–Kier alpha value is -1.74. The fourth-order valence-corrected chi connectivity index (χ4v) is 2.26. The summed E-state index contributed by atoms with van der Waals surface area (Å²) < 4.78 is 26.9. The first kappa shape index (κ1) is 14.7. The van der Waals surface area contributed by atoms with Gasteiger partial charge in [0.2, 0.25) is 0 Å². The Morgan fingerprint density at radius 3 is 2.20 bits per heavy atom. The molecular weight excluding hydrogens is 256 g/mol. The minimum Gasteiger partial charge on any atom is -0.304 e. The standard InChI is InChI=1S/C17H19F2N/c1-11-4-6-14(7-5-11)12(2)20-13(3)16-10-15(18)8-9-17(16)19/h4-10,12-13,20H,1-3H3. The third-order valence-corrected chi connectivity index (χ3v) is 3.50. The van der Waals surface area contributed by atoms with Crippen LogP contribution in [0.15, 0.2) is 42.5 Å². The van der Waals surface area contributed by atoms with Crippen LogP contribution in [0.1, 0.15) is 42.6 Å². The lowest BCUT2D eigenvalue weighted by Crippen LogP contribution is -2.23. The molecule has 1 N–H and O–H groups in total. The molecule has 2 unspecified atom stereocenters. The molecule has 2 rings (SSSR count). The SMILES string of the molecule is Cc1ccc(C(C)NC(C)c2cc(F)ccc2F)cc1. The van der Waals surface area contributed by atoms with Gasteiger partial charge in [-0.05, 0) is 44.5 Å². The van der Waals surface area contributed by atoms with Crippen LogP contribution in [0, 0.1) is 18.6 Å². The summed E-state index contributed by atoms with van der Waals surface area (Å²) >= 11 is 0. The normalized spacial score (nSPS) is 14.1. The average Bonchev–Trinajstić information content (AvgIpc) is 2.42. The number of hydrogen-bond acceptors (Lipinski definition) is 1. The maximum absolute atomic E-state index is 13.7. The summed E-state index contributed by atoms with van der Waals surface area (Å²) in [6.45, 7) is 5.88. The summed E-state index contributed by atoms with van der Waals surface area (Å²) in [6.07, 6.45) is 0. The third kappa shape index (κ3) is 3.42. The summed E-state index contributed by atoms with van der Waals surface area (Å²) in [4.78, 5) is 0. The van der Waals surface area contributed by atoms with Crippen molar-refractivity contribution in [2.75, 3.05) is 0 Å². The van der Waals surface area contributed by atoms with E-state index in [0.29, 0.717) is 5.56 Å². The first-order chi connectivity index (χ1) is 9.47. The van der Waals surface area contributed by atoms with Crippen LogP contribution >= 0.6 is 0 Å². The van der Waals surface area contributed by atoms with Gasteiger partial charge in [-0.1, -0.05) is 29.8 Å². The number of benzene rings is 2. The smallest absolute Gasteiger partial charge is 0.128 e. The Kier molecular flexibility index (Phi) is 4.50. The van der Waals surface area contributed by atoms with Crippen LogP contribution in [0.4, 0.5) is 8.78 Å². The zero-order valence-electron chi connectivity index (χ0n) is 12.0. The lowest BCUT2D eigenvalue weighted by atomic mass is 10.0. The van der Waals surface area contributed by atoms with Gasteiger partial charge in [-0.25, -0.2) is 8.78 Å². The number of nitrogens with one attached hydrogen (secondary N) is 1. The largest absolute Gasteiger partial charge is 0.304 e. The molecule has 0 amide bonds. The Balaban J connectivity index is 2.12. The number of hydrogen-bond donors (Lipinski definition) is 1. The topological polar surface area (TPSA) is 12.0 Å². The summed E-state index contributed by atoms with van der Waals surface area (Å²) in [5, 5.41) is 3.29. The lowest BCUT2D eigenvalue weighted by molar-refractivity contribution is 0.470. The van der Waals surface area contributed by atoms with Crippen molar-refractivity contribution < 1.29 is 8.78 Å². The van der Waals surface area contributed by atoms with Gasteiger partial charge in [0.1, 0.15) is 11.6 Å². The van der Waals surface area contributed by atoms with Crippen molar-refractivity contribution in [2.24, 2.45) is 0 Å². The molecule has 20 heavy (non-hydrogen) atoms. The monoisotopic (exact) mass is 275 g/mol. The van der Waals surface area contributed by atoms with E-state index in [4.69, 9.17) is 0 Å². The van der Waals surface area contributed by atoms with Gasteiger partial charge in [0.05, 0.1) is 0 Å². The minimum absolute atomic E-state index is 0.0632. The van der Waals surface area contributed by atoms with Gasteiger partial charge < -0.3 is 5.32 Å². The van der Waals surface area contributed by atoms with Crippen LogP contribution in [0.25, 0.3) is 0 Å². The second-order valence-corrected chi connectivity index (χ2v) is 5.19. The highest BCUT2D eigenvalue weighted by molar-refractivity contribution is 5.25. The lowest BCUT2D eigenvalue weighted by Gasteiger charge is -2.21. The van der Waals surface area contributed by atoms with E-state index in [-0.39, 0.29) is 17.9 Å². The van der Waals surface area contributed by atoms with Gasteiger partial charge in [-0.2, -0.15) is 0 Å². The van der Waals surface area contributed by atoms with E-state index in [0.717, 1.165) is 11.6 Å². The zero-order valence-corrected chi connectivity index (χ0v) is 12.0. The van der Waals surface area contributed by atoms with Gasteiger partial charge in [0.25, 0.3) is 0 Å². The molecule has 2 aromatic rings. The third-order valence-electron chi connectivity index (χ3n) is 3.50. The van der Waals surface area contributed by atoms with Gasteiger partial charge in [-0.15, -0.1) is 0 Å². The Bertz CT molecular complexity index is 578. The molecule has 106 valence electrons. The fraction of sp³-hybridized carbons (Fsp3) is 0.294. The second kappa shape index (κ2) is 6.14. The first-order valence-corrected chi connectivity index (χ1v) is 6.75. The number of rotatable bonds is 4. The predicted octanol–water partition coefficient (Wildman–Crippen LogP) is 4.69. The van der Waals surface area contributed by atoms with Crippen LogP contribution in [-0.4, -0.2) is 0 Å². The van der Waals surface area contributed by atoms with Gasteiger partial charge in [0.15, 0.2) is 0 Å². The fourth-order valence-electron chi connectivity index (χ4n) is 2.26. The van der Waals surface area contributed by atoms with E-state index in [1.54, 1.807) is 0 Å². The van der Waals surface area contributed by atoms with Gasteiger partial charge >= 0.3 is 0 Å². The highest BCUT2D eigenvalue weighted by Crippen LogP contribution is 2.22. The van der Waals surface area contributed by atoms with Crippen molar-refractivity contribution in [1.82, 2.24) is 5.32 Å². The van der Waals surface area contributed by atoms with Crippen molar-refractivity contribution in [2.45, 2.75) is 32.9 Å². The van der Waals surface area contributed by atoms with Crippen LogP contribution in [0.3, 0.4) is 0 Å². The molecule has 3 heteroatoms. The van der Waals surface area contributed by atoms with E-state index >= 15 is 0 Å². The average molecular weight is 275 g/mol. The van der Waals surface area contributed by atoms with Crippen molar-refractivity contribution in [3.8, 4) is 0 Å². The van der Waals surface area contributed by atoms with E-state index in [1.807, 2.05) is 45.0 Å². The highest BCUT2D eigenvalue weighted by Gasteiger charge is 2.15. The van der Waals surface area contributed by atoms with Crippen LogP contribution in [-0.2, 0) is 0 Å².